The van der Waals surface area contributed by atoms with Crippen molar-refractivity contribution < 1.29 is 14.1 Å². The zero-order valence-corrected chi connectivity index (χ0v) is 22.9. The molecule has 0 bridgehead atoms. The molecule has 0 unspecified atom stereocenters. The minimum atomic E-state index is -0.179. The van der Waals surface area contributed by atoms with Gasteiger partial charge in [-0.25, -0.2) is 0 Å². The van der Waals surface area contributed by atoms with Gasteiger partial charge in [-0.15, -0.1) is 0 Å². The lowest BCUT2D eigenvalue weighted by atomic mass is 10.1. The number of carbonyl (C=O) groups excluding carboxylic acids is 1. The molecule has 10 heteroatoms. The number of nitrogens with zero attached hydrogens (tertiary/aromatic N) is 4. The van der Waals surface area contributed by atoms with Gasteiger partial charge in [-0.1, -0.05) is 29.4 Å². The number of halogens is 1. The highest BCUT2D eigenvalue weighted by Gasteiger charge is 2.17. The molecule has 4 aromatic rings. The molecule has 3 aromatic heterocycles. The lowest BCUT2D eigenvalue weighted by Crippen LogP contribution is -2.31. The van der Waals surface area contributed by atoms with E-state index in [2.05, 4.69) is 37.2 Å². The maximum absolute atomic E-state index is 12.5. The summed E-state index contributed by atoms with van der Waals surface area (Å²) in [6.07, 6.45) is 8.17. The van der Waals surface area contributed by atoms with Crippen molar-refractivity contribution in [3.8, 4) is 17.1 Å². The molecule has 0 aliphatic carbocycles. The number of pyridine rings is 2. The number of ether oxygens (including phenoxy) is 1. The van der Waals surface area contributed by atoms with Crippen LogP contribution in [0.4, 0.5) is 11.4 Å². The molecule has 0 radical (unpaired) electrons. The van der Waals surface area contributed by atoms with Crippen LogP contribution >= 0.6 is 11.6 Å². The van der Waals surface area contributed by atoms with Gasteiger partial charge in [-0.3, -0.25) is 19.7 Å². The van der Waals surface area contributed by atoms with Crippen LogP contribution in [0, 0.1) is 0 Å². The Morgan fingerprint density at radius 1 is 1.10 bits per heavy atom. The van der Waals surface area contributed by atoms with Crippen LogP contribution < -0.4 is 15.4 Å². The first kappa shape index (κ1) is 27.4. The summed E-state index contributed by atoms with van der Waals surface area (Å²) in [5.41, 5.74) is 4.37. The molecule has 0 atom stereocenters. The van der Waals surface area contributed by atoms with Gasteiger partial charge in [-0.05, 0) is 62.3 Å². The van der Waals surface area contributed by atoms with E-state index in [0.717, 1.165) is 35.7 Å². The lowest BCUT2D eigenvalue weighted by molar-refractivity contribution is -0.117. The molecule has 1 aliphatic rings. The quantitative estimate of drug-likeness (QED) is 0.222. The Morgan fingerprint density at radius 2 is 1.98 bits per heavy atom. The normalized spacial score (nSPS) is 13.2. The number of carbonyl (C=O) groups is 1. The lowest BCUT2D eigenvalue weighted by Gasteiger charge is -2.15. The number of rotatable bonds is 12. The fraction of sp³-hybridized carbons (Fsp3) is 0.267. The van der Waals surface area contributed by atoms with Crippen LogP contribution in [0.15, 0.2) is 83.8 Å². The molecule has 206 valence electrons. The molecule has 0 spiro atoms. The summed E-state index contributed by atoms with van der Waals surface area (Å²) in [5, 5.41) is 10.9. The second kappa shape index (κ2) is 13.2. The summed E-state index contributed by atoms with van der Waals surface area (Å²) < 4.78 is 11.4. The van der Waals surface area contributed by atoms with Crippen molar-refractivity contribution in [2.75, 3.05) is 31.6 Å². The highest BCUT2D eigenvalue weighted by Crippen LogP contribution is 2.33. The molecule has 40 heavy (non-hydrogen) atoms. The predicted molar refractivity (Wildman–Crippen MR) is 155 cm³/mol. The molecule has 2 N–H and O–H groups in total. The predicted octanol–water partition coefficient (Wildman–Crippen LogP) is 5.42. The Labute approximate surface area is 238 Å². The summed E-state index contributed by atoms with van der Waals surface area (Å²) in [6.45, 7) is 7.26. The Bertz CT molecular complexity index is 1450. The number of amides is 1. The van der Waals surface area contributed by atoms with Crippen LogP contribution in [0.25, 0.3) is 11.3 Å². The van der Waals surface area contributed by atoms with Gasteiger partial charge in [0.25, 0.3) is 0 Å². The van der Waals surface area contributed by atoms with Gasteiger partial charge < -0.3 is 19.9 Å². The van der Waals surface area contributed by atoms with Crippen molar-refractivity contribution in [3.05, 3.63) is 95.7 Å². The second-order valence-corrected chi connectivity index (χ2v) is 9.97. The van der Waals surface area contributed by atoms with Crippen LogP contribution in [0.1, 0.15) is 24.2 Å². The first-order valence-electron chi connectivity index (χ1n) is 13.2. The van der Waals surface area contributed by atoms with E-state index >= 15 is 0 Å². The average molecular weight is 559 g/mol. The van der Waals surface area contributed by atoms with Crippen molar-refractivity contribution >= 4 is 28.9 Å². The third-order valence-electron chi connectivity index (χ3n) is 6.56. The van der Waals surface area contributed by atoms with Crippen molar-refractivity contribution in [2.45, 2.75) is 25.8 Å². The van der Waals surface area contributed by atoms with Crippen LogP contribution in [0.2, 0.25) is 5.02 Å². The SMILES string of the molecule is C=C(CN1CCCC1)C(=O)NCc1cc(-c2cnccc2Nc2ccc(OCCc3ccccn3)c(Cl)c2)on1. The summed E-state index contributed by atoms with van der Waals surface area (Å²) in [6, 6.07) is 15.0. The summed E-state index contributed by atoms with van der Waals surface area (Å²) >= 11 is 6.50. The van der Waals surface area contributed by atoms with Crippen molar-refractivity contribution in [3.63, 3.8) is 0 Å². The molecule has 1 saturated heterocycles. The van der Waals surface area contributed by atoms with Crippen molar-refractivity contribution in [1.29, 1.82) is 0 Å². The maximum Gasteiger partial charge on any atom is 0.248 e. The number of hydrogen-bond donors (Lipinski definition) is 2. The standard InChI is InChI=1S/C30H31ClN6O3/c1-21(20-37-13-4-5-14-37)30(38)34-18-24-17-29(40-36-24)25-19-32-12-9-27(25)35-23-7-8-28(26(31)16-23)39-15-10-22-6-2-3-11-33-22/h2-3,6-9,11-12,16-17,19H,1,4-5,10,13-15,18,20H2,(H,32,35)(H,34,38). The van der Waals surface area contributed by atoms with Gasteiger partial charge in [0.05, 0.1) is 29.4 Å². The van der Waals surface area contributed by atoms with E-state index in [9.17, 15) is 4.79 Å². The zero-order valence-electron chi connectivity index (χ0n) is 22.1. The molecule has 1 aromatic carbocycles. The Hall–Kier alpha value is -4.21. The number of anilines is 2. The Morgan fingerprint density at radius 3 is 2.77 bits per heavy atom. The van der Waals surface area contributed by atoms with Crippen LogP contribution in [-0.4, -0.2) is 52.2 Å². The smallest absolute Gasteiger partial charge is 0.248 e. The Balaban J connectivity index is 1.18. The molecule has 0 saturated carbocycles. The van der Waals surface area contributed by atoms with Gasteiger partial charge in [-0.2, -0.15) is 0 Å². The fourth-order valence-electron chi connectivity index (χ4n) is 4.46. The van der Waals surface area contributed by atoms with Gasteiger partial charge >= 0.3 is 0 Å². The van der Waals surface area contributed by atoms with E-state index in [1.807, 2.05) is 36.4 Å². The summed E-state index contributed by atoms with van der Waals surface area (Å²) in [5.74, 6) is 0.945. The van der Waals surface area contributed by atoms with E-state index in [0.29, 0.717) is 47.4 Å². The van der Waals surface area contributed by atoms with E-state index < -0.39 is 0 Å². The van der Waals surface area contributed by atoms with E-state index in [4.69, 9.17) is 20.9 Å². The largest absolute Gasteiger partial charge is 0.492 e. The maximum atomic E-state index is 12.5. The molecule has 9 nitrogen and oxygen atoms in total. The molecular formula is C30H31ClN6O3. The van der Waals surface area contributed by atoms with E-state index in [1.165, 1.54) is 12.8 Å². The van der Waals surface area contributed by atoms with Crippen LogP contribution in [-0.2, 0) is 17.8 Å². The van der Waals surface area contributed by atoms with E-state index in [-0.39, 0.29) is 12.5 Å². The van der Waals surface area contributed by atoms with Crippen LogP contribution in [0.5, 0.6) is 5.75 Å². The first-order chi connectivity index (χ1) is 19.5. The van der Waals surface area contributed by atoms with Crippen LogP contribution in [0.3, 0.4) is 0 Å². The molecule has 5 rings (SSSR count). The highest BCUT2D eigenvalue weighted by molar-refractivity contribution is 6.32. The number of benzene rings is 1. The molecule has 1 fully saturated rings. The van der Waals surface area contributed by atoms with Gasteiger partial charge in [0.15, 0.2) is 5.76 Å². The third-order valence-corrected chi connectivity index (χ3v) is 6.86. The minimum Gasteiger partial charge on any atom is -0.492 e. The summed E-state index contributed by atoms with van der Waals surface area (Å²) in [7, 11) is 0. The molecule has 1 amide bonds. The van der Waals surface area contributed by atoms with Crippen molar-refractivity contribution in [1.82, 2.24) is 25.3 Å². The topological polar surface area (TPSA) is 105 Å². The number of aromatic nitrogens is 3. The van der Waals surface area contributed by atoms with Gasteiger partial charge in [0.1, 0.15) is 11.4 Å². The third kappa shape index (κ3) is 7.25. The summed E-state index contributed by atoms with van der Waals surface area (Å²) in [4.78, 5) is 23.3. The van der Waals surface area contributed by atoms with Gasteiger partial charge in [0, 0.05) is 54.6 Å². The highest BCUT2D eigenvalue weighted by atomic mass is 35.5. The Kier molecular flexibility index (Phi) is 9.05. The molecule has 1 aliphatic heterocycles. The number of hydrogen-bond acceptors (Lipinski definition) is 8. The van der Waals surface area contributed by atoms with Gasteiger partial charge in [0.2, 0.25) is 5.91 Å². The minimum absolute atomic E-state index is 0.179. The first-order valence-corrected chi connectivity index (χ1v) is 13.6. The zero-order chi connectivity index (χ0) is 27.7. The number of likely N-dealkylation sites (tertiary alicyclic amines) is 1. The fourth-order valence-corrected chi connectivity index (χ4v) is 4.70. The van der Waals surface area contributed by atoms with Crippen molar-refractivity contribution in [2.24, 2.45) is 0 Å². The molecular weight excluding hydrogens is 528 g/mol. The monoisotopic (exact) mass is 558 g/mol. The average Bonchev–Trinajstić information content (AvgIpc) is 3.66. The van der Waals surface area contributed by atoms with E-state index in [1.54, 1.807) is 30.7 Å². The molecule has 4 heterocycles. The number of nitrogens with one attached hydrogen (secondary N) is 2. The second-order valence-electron chi connectivity index (χ2n) is 9.56.